The summed E-state index contributed by atoms with van der Waals surface area (Å²) >= 11 is 0. The first-order valence-electron chi connectivity index (χ1n) is 4.99. The molecule has 0 atom stereocenters. The fourth-order valence-electron chi connectivity index (χ4n) is 1.57. The van der Waals surface area contributed by atoms with Crippen LogP contribution in [0.2, 0.25) is 0 Å². The summed E-state index contributed by atoms with van der Waals surface area (Å²) in [4.78, 5) is 19.5. The van der Waals surface area contributed by atoms with Gasteiger partial charge in [0, 0.05) is 14.1 Å². The minimum atomic E-state index is -2.68. The van der Waals surface area contributed by atoms with E-state index in [1.807, 2.05) is 0 Å². The van der Waals surface area contributed by atoms with Crippen LogP contribution in [0.25, 0.3) is 11.0 Å². The van der Waals surface area contributed by atoms with E-state index in [4.69, 9.17) is 0 Å². The van der Waals surface area contributed by atoms with Gasteiger partial charge in [0.15, 0.2) is 5.82 Å². The Kier molecular flexibility index (Phi) is 2.79. The highest BCUT2D eigenvalue weighted by Crippen LogP contribution is 2.22. The van der Waals surface area contributed by atoms with Crippen LogP contribution in [0.3, 0.4) is 0 Å². The van der Waals surface area contributed by atoms with Crippen LogP contribution >= 0.6 is 0 Å². The van der Waals surface area contributed by atoms with E-state index in [0.29, 0.717) is 11.1 Å². The number of benzene rings is 1. The molecule has 0 radical (unpaired) electrons. The van der Waals surface area contributed by atoms with Gasteiger partial charge in [0.05, 0.1) is 11.1 Å². The Hall–Kier alpha value is -1.98. The minimum Gasteiger partial charge on any atom is -0.345 e. The lowest BCUT2D eigenvalue weighted by Crippen LogP contribution is -2.21. The van der Waals surface area contributed by atoms with Crippen molar-refractivity contribution in [2.24, 2.45) is 0 Å². The SMILES string of the molecule is CN(C)C(=O)c1cccc2[nH]c(C(F)F)nc12. The molecule has 4 nitrogen and oxygen atoms in total. The number of aromatic amines is 1. The Morgan fingerprint density at radius 2 is 2.12 bits per heavy atom. The van der Waals surface area contributed by atoms with Gasteiger partial charge in [-0.3, -0.25) is 4.79 Å². The van der Waals surface area contributed by atoms with Gasteiger partial charge in [-0.05, 0) is 12.1 Å². The summed E-state index contributed by atoms with van der Waals surface area (Å²) < 4.78 is 25.0. The van der Waals surface area contributed by atoms with E-state index in [-0.39, 0.29) is 11.4 Å². The number of rotatable bonds is 2. The molecule has 0 unspecified atom stereocenters. The maximum absolute atomic E-state index is 12.5. The predicted molar refractivity (Wildman–Crippen MR) is 59.1 cm³/mol. The van der Waals surface area contributed by atoms with Gasteiger partial charge < -0.3 is 9.88 Å². The number of halogens is 2. The van der Waals surface area contributed by atoms with Crippen LogP contribution in [0.5, 0.6) is 0 Å². The molecule has 0 spiro atoms. The fraction of sp³-hybridized carbons (Fsp3) is 0.273. The van der Waals surface area contributed by atoms with Gasteiger partial charge in [-0.15, -0.1) is 0 Å². The molecule has 90 valence electrons. The van der Waals surface area contributed by atoms with Crippen LogP contribution in [0.4, 0.5) is 8.78 Å². The molecule has 0 saturated carbocycles. The number of nitrogens with zero attached hydrogens (tertiary/aromatic N) is 2. The molecule has 6 heteroatoms. The standard InChI is InChI=1S/C11H11F2N3O/c1-16(2)11(17)6-4-3-5-7-8(6)15-10(14-7)9(12)13/h3-5,9H,1-2H3,(H,14,15). The summed E-state index contributed by atoms with van der Waals surface area (Å²) in [6.45, 7) is 0. The third-order valence-corrected chi connectivity index (χ3v) is 2.37. The van der Waals surface area contributed by atoms with Crippen LogP contribution in [-0.4, -0.2) is 34.9 Å². The molecule has 0 fully saturated rings. The van der Waals surface area contributed by atoms with Crippen molar-refractivity contribution in [1.29, 1.82) is 0 Å². The molecule has 0 aliphatic heterocycles. The highest BCUT2D eigenvalue weighted by Gasteiger charge is 2.18. The maximum Gasteiger partial charge on any atom is 0.295 e. The predicted octanol–water partition coefficient (Wildman–Crippen LogP) is 2.20. The quantitative estimate of drug-likeness (QED) is 0.873. The Labute approximate surface area is 96.3 Å². The van der Waals surface area contributed by atoms with E-state index in [0.717, 1.165) is 0 Å². The Morgan fingerprint density at radius 1 is 1.41 bits per heavy atom. The fourth-order valence-corrected chi connectivity index (χ4v) is 1.57. The molecule has 2 rings (SSSR count). The van der Waals surface area contributed by atoms with E-state index in [1.54, 1.807) is 32.3 Å². The van der Waals surface area contributed by atoms with Gasteiger partial charge >= 0.3 is 0 Å². The van der Waals surface area contributed by atoms with Crippen molar-refractivity contribution >= 4 is 16.9 Å². The van der Waals surface area contributed by atoms with Crippen LogP contribution < -0.4 is 0 Å². The molecule has 0 bridgehead atoms. The molecule has 1 amide bonds. The molecular formula is C11H11F2N3O. The summed E-state index contributed by atoms with van der Waals surface area (Å²) in [6, 6.07) is 4.81. The molecule has 0 saturated heterocycles. The average Bonchev–Trinajstić information content (AvgIpc) is 2.71. The molecule has 1 aromatic heterocycles. The molecular weight excluding hydrogens is 228 g/mol. The summed E-state index contributed by atoms with van der Waals surface area (Å²) in [5.74, 6) is -0.679. The van der Waals surface area contributed by atoms with E-state index in [1.165, 1.54) is 4.90 Å². The first-order valence-corrected chi connectivity index (χ1v) is 4.99. The van der Waals surface area contributed by atoms with Crippen LogP contribution in [0.15, 0.2) is 18.2 Å². The number of para-hydroxylation sites is 1. The van der Waals surface area contributed by atoms with Crippen LogP contribution in [0.1, 0.15) is 22.6 Å². The molecule has 0 aliphatic rings. The topological polar surface area (TPSA) is 49.0 Å². The lowest BCUT2D eigenvalue weighted by atomic mass is 10.1. The minimum absolute atomic E-state index is 0.261. The second kappa shape index (κ2) is 4.12. The van der Waals surface area contributed by atoms with Gasteiger partial charge in [0.25, 0.3) is 12.3 Å². The number of H-pyrrole nitrogens is 1. The number of carbonyl (C=O) groups is 1. The number of aromatic nitrogens is 2. The molecule has 0 aliphatic carbocycles. The van der Waals surface area contributed by atoms with Gasteiger partial charge in [0.2, 0.25) is 0 Å². The van der Waals surface area contributed by atoms with Crippen molar-refractivity contribution in [3.8, 4) is 0 Å². The molecule has 1 heterocycles. The van der Waals surface area contributed by atoms with Crippen molar-refractivity contribution in [3.63, 3.8) is 0 Å². The van der Waals surface area contributed by atoms with E-state index < -0.39 is 12.2 Å². The summed E-state index contributed by atoms with van der Waals surface area (Å²) in [5, 5.41) is 0. The average molecular weight is 239 g/mol. The van der Waals surface area contributed by atoms with Crippen LogP contribution in [0, 0.1) is 0 Å². The Morgan fingerprint density at radius 3 is 2.71 bits per heavy atom. The molecule has 1 N–H and O–H groups in total. The smallest absolute Gasteiger partial charge is 0.295 e. The number of carbonyl (C=O) groups excluding carboxylic acids is 1. The number of hydrogen-bond donors (Lipinski definition) is 1. The third-order valence-electron chi connectivity index (χ3n) is 2.37. The lowest BCUT2D eigenvalue weighted by Gasteiger charge is -2.09. The van der Waals surface area contributed by atoms with Crippen molar-refractivity contribution in [2.45, 2.75) is 6.43 Å². The number of fused-ring (bicyclic) bond motifs is 1. The van der Waals surface area contributed by atoms with Gasteiger partial charge in [-0.2, -0.15) is 0 Å². The second-order valence-electron chi connectivity index (χ2n) is 3.82. The normalized spacial score (nSPS) is 11.1. The number of nitrogens with one attached hydrogen (secondary N) is 1. The number of hydrogen-bond acceptors (Lipinski definition) is 2. The summed E-state index contributed by atoms with van der Waals surface area (Å²) in [7, 11) is 3.20. The monoisotopic (exact) mass is 239 g/mol. The largest absolute Gasteiger partial charge is 0.345 e. The van der Waals surface area contributed by atoms with Crippen molar-refractivity contribution in [3.05, 3.63) is 29.6 Å². The molecule has 1 aromatic carbocycles. The second-order valence-corrected chi connectivity index (χ2v) is 3.82. The van der Waals surface area contributed by atoms with E-state index in [2.05, 4.69) is 9.97 Å². The summed E-state index contributed by atoms with van der Waals surface area (Å²) in [5.41, 5.74) is 1.03. The van der Waals surface area contributed by atoms with E-state index >= 15 is 0 Å². The number of alkyl halides is 2. The first kappa shape index (κ1) is 11.5. The Bertz CT molecular complexity index is 563. The highest BCUT2D eigenvalue weighted by molar-refractivity contribution is 6.04. The first-order chi connectivity index (χ1) is 8.00. The van der Waals surface area contributed by atoms with Crippen LogP contribution in [-0.2, 0) is 0 Å². The van der Waals surface area contributed by atoms with Gasteiger partial charge in [-0.1, -0.05) is 6.07 Å². The lowest BCUT2D eigenvalue weighted by molar-refractivity contribution is 0.0829. The maximum atomic E-state index is 12.5. The molecule has 2 aromatic rings. The highest BCUT2D eigenvalue weighted by atomic mass is 19.3. The number of amides is 1. The van der Waals surface area contributed by atoms with Gasteiger partial charge in [-0.25, -0.2) is 13.8 Å². The Balaban J connectivity index is 2.61. The van der Waals surface area contributed by atoms with E-state index in [9.17, 15) is 13.6 Å². The zero-order valence-electron chi connectivity index (χ0n) is 9.37. The molecule has 17 heavy (non-hydrogen) atoms. The van der Waals surface area contributed by atoms with Crippen molar-refractivity contribution in [1.82, 2.24) is 14.9 Å². The van der Waals surface area contributed by atoms with Gasteiger partial charge in [0.1, 0.15) is 5.52 Å². The zero-order valence-corrected chi connectivity index (χ0v) is 9.37. The van der Waals surface area contributed by atoms with Crippen molar-refractivity contribution < 1.29 is 13.6 Å². The number of imidazole rings is 1. The third kappa shape index (κ3) is 1.98. The zero-order chi connectivity index (χ0) is 12.6. The van der Waals surface area contributed by atoms with Crippen molar-refractivity contribution in [2.75, 3.05) is 14.1 Å². The summed E-state index contributed by atoms with van der Waals surface area (Å²) in [6.07, 6.45) is -2.68.